The van der Waals surface area contributed by atoms with Gasteiger partial charge >= 0.3 is 0 Å². The van der Waals surface area contributed by atoms with Crippen LogP contribution in [-0.2, 0) is 4.74 Å². The van der Waals surface area contributed by atoms with Gasteiger partial charge in [0, 0.05) is 13.7 Å². The second-order valence-corrected chi connectivity index (χ2v) is 6.79. The van der Waals surface area contributed by atoms with Crippen molar-refractivity contribution < 1.29 is 4.74 Å². The Kier molecular flexibility index (Phi) is 25.5. The van der Waals surface area contributed by atoms with Gasteiger partial charge in [0.2, 0.25) is 0 Å². The van der Waals surface area contributed by atoms with Gasteiger partial charge in [-0.1, -0.05) is 61.3 Å². The minimum absolute atomic E-state index is 0.676. The predicted molar refractivity (Wildman–Crippen MR) is 89.7 cm³/mol. The number of hydrogen-bond acceptors (Lipinski definition) is 2. The van der Waals surface area contributed by atoms with Crippen LogP contribution in [0.5, 0.6) is 0 Å². The molecule has 0 aliphatic carbocycles. The van der Waals surface area contributed by atoms with Crippen LogP contribution in [0.1, 0.15) is 61.3 Å². The number of thioether (sulfide) groups is 1. The highest BCUT2D eigenvalue weighted by atomic mass is 32.2. The molecule has 0 N–H and O–H groups in total. The van der Waals surface area contributed by atoms with E-state index in [1.165, 1.54) is 18.6 Å². The first kappa shape index (κ1) is 23.4. The van der Waals surface area contributed by atoms with Crippen molar-refractivity contribution in [1.82, 2.24) is 0 Å². The summed E-state index contributed by atoms with van der Waals surface area (Å²) >= 11 is 1.91. The highest BCUT2D eigenvalue weighted by Gasteiger charge is 1.86. The highest BCUT2D eigenvalue weighted by molar-refractivity contribution is 7.98. The van der Waals surface area contributed by atoms with Gasteiger partial charge in [0.15, 0.2) is 0 Å². The maximum atomic E-state index is 4.80. The van der Waals surface area contributed by atoms with Crippen LogP contribution in [0.3, 0.4) is 0 Å². The van der Waals surface area contributed by atoms with Gasteiger partial charge in [-0.2, -0.15) is 11.8 Å². The summed E-state index contributed by atoms with van der Waals surface area (Å²) in [5.41, 5.74) is 0. The van der Waals surface area contributed by atoms with E-state index < -0.39 is 0 Å². The third kappa shape index (κ3) is 44.1. The van der Waals surface area contributed by atoms with E-state index in [0.29, 0.717) is 5.92 Å². The number of rotatable bonds is 6. The maximum absolute atomic E-state index is 4.80. The van der Waals surface area contributed by atoms with Crippen LogP contribution in [0, 0.1) is 17.8 Å². The van der Waals surface area contributed by atoms with Crippen LogP contribution in [0.2, 0.25) is 0 Å². The summed E-state index contributed by atoms with van der Waals surface area (Å²) in [6, 6.07) is 0. The third-order valence-corrected chi connectivity index (χ3v) is 2.87. The fourth-order valence-corrected chi connectivity index (χ4v) is 1.91. The molecule has 0 aliphatic heterocycles. The lowest BCUT2D eigenvalue weighted by Gasteiger charge is -1.97. The zero-order valence-electron chi connectivity index (χ0n) is 14.4. The maximum Gasteiger partial charge on any atom is 0.0485 e. The molecule has 0 aromatic carbocycles. The second kappa shape index (κ2) is 19.6. The third-order valence-electron chi connectivity index (χ3n) is 1.87. The monoisotopic (exact) mass is 278 g/mol. The molecule has 0 fully saturated rings. The Labute approximate surface area is 121 Å². The molecular formula is C16H38OS. The molecule has 0 saturated heterocycles. The Hall–Kier alpha value is 0.310. The normalized spacial score (nSPS) is 10.0. The van der Waals surface area contributed by atoms with Crippen LogP contribution in [0.25, 0.3) is 0 Å². The van der Waals surface area contributed by atoms with E-state index in [4.69, 9.17) is 4.74 Å². The number of hydrogen-bond donors (Lipinski definition) is 0. The van der Waals surface area contributed by atoms with Crippen LogP contribution in [-0.4, -0.2) is 25.7 Å². The molecule has 0 spiro atoms. The van der Waals surface area contributed by atoms with Crippen molar-refractivity contribution >= 4 is 11.8 Å². The van der Waals surface area contributed by atoms with E-state index in [0.717, 1.165) is 18.4 Å². The summed E-state index contributed by atoms with van der Waals surface area (Å²) in [6.07, 6.45) is 4.84. The summed E-state index contributed by atoms with van der Waals surface area (Å²) < 4.78 is 4.80. The molecule has 1 nitrogen and oxygen atoms in total. The quantitative estimate of drug-likeness (QED) is 0.613. The van der Waals surface area contributed by atoms with E-state index in [1.807, 2.05) is 11.8 Å². The summed E-state index contributed by atoms with van der Waals surface area (Å²) in [4.78, 5) is 0. The van der Waals surface area contributed by atoms with Gasteiger partial charge in [-0.05, 0) is 29.8 Å². The zero-order chi connectivity index (χ0) is 15.0. The fourth-order valence-electron chi connectivity index (χ4n) is 1.24. The van der Waals surface area contributed by atoms with Crippen molar-refractivity contribution in [3.8, 4) is 0 Å². The van der Waals surface area contributed by atoms with E-state index >= 15 is 0 Å². The first-order chi connectivity index (χ1) is 8.31. The summed E-state index contributed by atoms with van der Waals surface area (Å²) in [6.45, 7) is 16.3. The van der Waals surface area contributed by atoms with Crippen molar-refractivity contribution in [2.24, 2.45) is 17.8 Å². The molecule has 0 atom stereocenters. The second-order valence-electron chi connectivity index (χ2n) is 5.88. The van der Waals surface area contributed by atoms with Gasteiger partial charge in [0.05, 0.1) is 0 Å². The molecule has 114 valence electrons. The van der Waals surface area contributed by atoms with Crippen molar-refractivity contribution in [2.75, 3.05) is 25.7 Å². The molecule has 0 radical (unpaired) electrons. The average Bonchev–Trinajstić information content (AvgIpc) is 2.18. The van der Waals surface area contributed by atoms with E-state index in [1.54, 1.807) is 7.11 Å². The Bertz CT molecular complexity index is 98.5. The Morgan fingerprint density at radius 1 is 0.889 bits per heavy atom. The molecule has 0 amide bonds. The summed E-state index contributed by atoms with van der Waals surface area (Å²) in [7, 11) is 1.72. The van der Waals surface area contributed by atoms with Crippen LogP contribution in [0.15, 0.2) is 0 Å². The van der Waals surface area contributed by atoms with Crippen molar-refractivity contribution in [3.63, 3.8) is 0 Å². The molecule has 0 unspecified atom stereocenters. The molecule has 0 rings (SSSR count). The van der Waals surface area contributed by atoms with E-state index in [-0.39, 0.29) is 0 Å². The standard InChI is InChI=1S/C6H14.C5H12O.C5H12S/c1-4-5-6(2)3;2*1-5(2)4-6-3/h6H,4-5H2,1-3H3;2*5H,4H2,1-3H3. The van der Waals surface area contributed by atoms with E-state index in [9.17, 15) is 0 Å². The Balaban J connectivity index is -0.000000187. The minimum atomic E-state index is 0.676. The van der Waals surface area contributed by atoms with Gasteiger partial charge < -0.3 is 4.74 Å². The number of methoxy groups -OCH3 is 1. The highest BCUT2D eigenvalue weighted by Crippen LogP contribution is 2.01. The largest absolute Gasteiger partial charge is 0.384 e. The molecule has 0 aromatic heterocycles. The molecule has 2 heteroatoms. The van der Waals surface area contributed by atoms with E-state index in [2.05, 4.69) is 54.7 Å². The fraction of sp³-hybridized carbons (Fsp3) is 1.00. The minimum Gasteiger partial charge on any atom is -0.384 e. The van der Waals surface area contributed by atoms with Crippen molar-refractivity contribution in [1.29, 1.82) is 0 Å². The lowest BCUT2D eigenvalue weighted by molar-refractivity contribution is 0.167. The topological polar surface area (TPSA) is 9.23 Å². The zero-order valence-corrected chi connectivity index (χ0v) is 15.2. The molecule has 0 bridgehead atoms. The summed E-state index contributed by atoms with van der Waals surface area (Å²) in [5, 5.41) is 0. The van der Waals surface area contributed by atoms with Crippen LogP contribution < -0.4 is 0 Å². The Morgan fingerprint density at radius 2 is 1.39 bits per heavy atom. The molecule has 0 heterocycles. The van der Waals surface area contributed by atoms with Gasteiger partial charge in [-0.15, -0.1) is 0 Å². The van der Waals surface area contributed by atoms with Crippen molar-refractivity contribution in [2.45, 2.75) is 61.3 Å². The lowest BCUT2D eigenvalue weighted by atomic mass is 10.1. The van der Waals surface area contributed by atoms with Crippen LogP contribution >= 0.6 is 11.8 Å². The van der Waals surface area contributed by atoms with Crippen molar-refractivity contribution in [3.05, 3.63) is 0 Å². The SMILES string of the molecule is CCCC(C)C.COCC(C)C.CSCC(C)C. The Morgan fingerprint density at radius 3 is 1.39 bits per heavy atom. The van der Waals surface area contributed by atoms with Gasteiger partial charge in [-0.3, -0.25) is 0 Å². The van der Waals surface area contributed by atoms with Crippen LogP contribution in [0.4, 0.5) is 0 Å². The average molecular weight is 279 g/mol. The molecule has 18 heavy (non-hydrogen) atoms. The van der Waals surface area contributed by atoms with Gasteiger partial charge in [0.1, 0.15) is 0 Å². The van der Waals surface area contributed by atoms with Gasteiger partial charge in [-0.25, -0.2) is 0 Å². The van der Waals surface area contributed by atoms with Gasteiger partial charge in [0.25, 0.3) is 0 Å². The number of ether oxygens (including phenoxy) is 1. The predicted octanol–water partition coefficient (Wildman–Crippen LogP) is 5.74. The molecular weight excluding hydrogens is 240 g/mol. The lowest BCUT2D eigenvalue weighted by Crippen LogP contribution is -1.96. The molecule has 0 saturated carbocycles. The molecule has 0 aromatic rings. The molecule has 0 aliphatic rings. The smallest absolute Gasteiger partial charge is 0.0485 e. The summed E-state index contributed by atoms with van der Waals surface area (Å²) in [5.74, 6) is 3.73. The first-order valence-electron chi connectivity index (χ1n) is 7.29. The first-order valence-corrected chi connectivity index (χ1v) is 8.68.